The molecule has 0 aromatic carbocycles. The summed E-state index contributed by atoms with van der Waals surface area (Å²) in [4.78, 5) is 26.1. The van der Waals surface area contributed by atoms with Gasteiger partial charge in [-0.1, -0.05) is 0 Å². The van der Waals surface area contributed by atoms with E-state index in [1.165, 1.54) is 12.1 Å². The van der Waals surface area contributed by atoms with Gasteiger partial charge in [0.15, 0.2) is 0 Å². The largest absolute Gasteiger partial charge is 0.371 e. The van der Waals surface area contributed by atoms with Gasteiger partial charge in [0, 0.05) is 20.9 Å². The SMILES string of the molecule is O=C1c2c(-c3cc4c(s3)C3(OCCO3)C(F)(F)C43OCCO3)sc(-c3cc4c(s3)C3(OCCO3)C(F)(F)C43OCCO3)c2C(=O)C1(F)F. The lowest BCUT2D eigenvalue weighted by atomic mass is 10.0. The van der Waals surface area contributed by atoms with Gasteiger partial charge in [-0.3, -0.25) is 9.59 Å². The number of fused-ring (bicyclic) bond motifs is 7. The fraction of sp³-hybridized carbons (Fsp3) is 0.517. The summed E-state index contributed by atoms with van der Waals surface area (Å²) in [6, 6.07) is 2.48. The van der Waals surface area contributed by atoms with Crippen LogP contribution in [-0.4, -0.2) is 82.2 Å². The van der Waals surface area contributed by atoms with Gasteiger partial charge in [0.25, 0.3) is 23.1 Å². The Morgan fingerprint density at radius 2 is 0.792 bits per heavy atom. The van der Waals surface area contributed by atoms with Crippen molar-refractivity contribution >= 4 is 45.6 Å². The number of carbonyl (C=O) groups excluding carboxylic acids is 2. The van der Waals surface area contributed by atoms with E-state index in [4.69, 9.17) is 37.9 Å². The van der Waals surface area contributed by atoms with Crippen LogP contribution in [0.4, 0.5) is 26.3 Å². The molecule has 10 nitrogen and oxygen atoms in total. The lowest BCUT2D eigenvalue weighted by Crippen LogP contribution is -2.54. The highest BCUT2D eigenvalue weighted by atomic mass is 32.1. The first kappa shape index (κ1) is 30.5. The third-order valence-electron chi connectivity index (χ3n) is 9.58. The van der Waals surface area contributed by atoms with E-state index in [9.17, 15) is 9.59 Å². The Labute approximate surface area is 276 Å². The van der Waals surface area contributed by atoms with Crippen molar-refractivity contribution in [3.05, 3.63) is 44.1 Å². The molecule has 4 fully saturated rings. The molecule has 3 aliphatic carbocycles. The van der Waals surface area contributed by atoms with Crippen molar-refractivity contribution in [3.8, 4) is 19.5 Å². The van der Waals surface area contributed by atoms with Crippen molar-refractivity contribution in [2.45, 2.75) is 40.9 Å². The molecule has 19 heteroatoms. The molecule has 7 aliphatic rings. The number of carbonyl (C=O) groups is 2. The van der Waals surface area contributed by atoms with E-state index in [-0.39, 0.29) is 93.2 Å². The molecular formula is C29H18F6O10S3. The lowest BCUT2D eigenvalue weighted by molar-refractivity contribution is -0.387. The number of alkyl halides is 6. The van der Waals surface area contributed by atoms with Gasteiger partial charge >= 0.3 is 17.8 Å². The fourth-order valence-electron chi connectivity index (χ4n) is 7.62. The first-order valence-corrected chi connectivity index (χ1v) is 17.1. The Balaban J connectivity index is 1.18. The zero-order valence-corrected chi connectivity index (χ0v) is 26.3. The molecule has 4 spiro atoms. The minimum absolute atomic E-state index is 0.0623. The Morgan fingerprint density at radius 1 is 0.479 bits per heavy atom. The molecule has 0 saturated carbocycles. The van der Waals surface area contributed by atoms with Gasteiger partial charge in [0.1, 0.15) is 0 Å². The highest BCUT2D eigenvalue weighted by Crippen LogP contribution is 2.69. The third kappa shape index (κ3) is 3.05. The summed E-state index contributed by atoms with van der Waals surface area (Å²) >= 11 is 2.16. The Bertz CT molecular complexity index is 1740. The number of hydrogen-bond donors (Lipinski definition) is 0. The highest BCUT2D eigenvalue weighted by Gasteiger charge is 2.82. The zero-order valence-electron chi connectivity index (χ0n) is 23.9. The maximum atomic E-state index is 16.1. The van der Waals surface area contributed by atoms with Crippen LogP contribution in [0.5, 0.6) is 0 Å². The summed E-state index contributed by atoms with van der Waals surface area (Å²) in [6.07, 6.45) is 0. The van der Waals surface area contributed by atoms with E-state index in [2.05, 4.69) is 0 Å². The Kier molecular flexibility index (Phi) is 5.80. The molecule has 3 aromatic heterocycles. The maximum absolute atomic E-state index is 16.1. The lowest BCUT2D eigenvalue weighted by Gasteiger charge is -2.36. The predicted molar refractivity (Wildman–Crippen MR) is 149 cm³/mol. The fourth-order valence-corrected chi connectivity index (χ4v) is 11.8. The topological polar surface area (TPSA) is 108 Å². The summed E-state index contributed by atoms with van der Waals surface area (Å²) in [5.41, 5.74) is -1.56. The normalized spacial score (nSPS) is 28.5. The van der Waals surface area contributed by atoms with E-state index in [0.717, 1.165) is 11.3 Å². The van der Waals surface area contributed by atoms with Gasteiger partial charge in [0.05, 0.1) is 83.5 Å². The van der Waals surface area contributed by atoms with Crippen LogP contribution in [-0.2, 0) is 61.0 Å². The second-order valence-corrected chi connectivity index (χ2v) is 15.0. The quantitative estimate of drug-likeness (QED) is 0.254. The molecule has 0 atom stereocenters. The highest BCUT2D eigenvalue weighted by molar-refractivity contribution is 7.27. The Morgan fingerprint density at radius 3 is 1.12 bits per heavy atom. The van der Waals surface area contributed by atoms with E-state index in [0.29, 0.717) is 22.7 Å². The number of ether oxygens (including phenoxy) is 8. The van der Waals surface area contributed by atoms with Gasteiger partial charge < -0.3 is 37.9 Å². The molecule has 0 N–H and O–H groups in total. The second kappa shape index (κ2) is 9.13. The number of Topliss-reactive ketones (excluding diaryl/α,β-unsaturated/α-hetero) is 2. The van der Waals surface area contributed by atoms with Crippen LogP contribution < -0.4 is 0 Å². The third-order valence-corrected chi connectivity index (χ3v) is 13.6. The molecule has 48 heavy (non-hydrogen) atoms. The average Bonchev–Trinajstić information content (AvgIpc) is 3.91. The van der Waals surface area contributed by atoms with E-state index in [1.807, 2.05) is 0 Å². The molecule has 3 aromatic rings. The standard InChI is InChI=1S/C29H18F6O10S3/c30-23(31)19(36)15-16(20(23)37)18(14-10-12-22(47-14)27(44-7-8-45-27)29(34,35)25(12)40-3-4-41-25)48-17(15)13-9-11-21(46-13)26(42-5-6-43-26)28(32,33)24(11)38-1-2-39-24/h9-10H,1-8H2. The van der Waals surface area contributed by atoms with E-state index < -0.39 is 63.6 Å². The molecule has 0 unspecified atom stereocenters. The zero-order chi connectivity index (χ0) is 33.3. The van der Waals surface area contributed by atoms with Crippen molar-refractivity contribution in [2.24, 2.45) is 0 Å². The van der Waals surface area contributed by atoms with Crippen molar-refractivity contribution in [1.82, 2.24) is 0 Å². The molecule has 0 bridgehead atoms. The van der Waals surface area contributed by atoms with Crippen molar-refractivity contribution in [2.75, 3.05) is 52.9 Å². The molecule has 4 aliphatic heterocycles. The van der Waals surface area contributed by atoms with Crippen molar-refractivity contribution < 1.29 is 73.8 Å². The van der Waals surface area contributed by atoms with E-state index >= 15 is 26.3 Å². The van der Waals surface area contributed by atoms with Gasteiger partial charge in [-0.2, -0.15) is 26.3 Å². The molecule has 254 valence electrons. The average molecular weight is 737 g/mol. The summed E-state index contributed by atoms with van der Waals surface area (Å²) in [5, 5.41) is 0. The minimum Gasteiger partial charge on any atom is -0.339 e. The molecule has 10 rings (SSSR count). The van der Waals surface area contributed by atoms with Crippen LogP contribution in [0, 0.1) is 0 Å². The number of ketones is 2. The van der Waals surface area contributed by atoms with Gasteiger partial charge in [-0.25, -0.2) is 0 Å². The van der Waals surface area contributed by atoms with Crippen LogP contribution in [0.1, 0.15) is 41.6 Å². The van der Waals surface area contributed by atoms with E-state index in [1.54, 1.807) is 0 Å². The van der Waals surface area contributed by atoms with Crippen molar-refractivity contribution in [3.63, 3.8) is 0 Å². The van der Waals surface area contributed by atoms with Crippen molar-refractivity contribution in [1.29, 1.82) is 0 Å². The van der Waals surface area contributed by atoms with Crippen LogP contribution in [0.15, 0.2) is 12.1 Å². The minimum atomic E-state index is -4.43. The molecule has 0 amide bonds. The monoisotopic (exact) mass is 736 g/mol. The maximum Gasteiger partial charge on any atom is 0.371 e. The molecule has 7 heterocycles. The molecule has 0 radical (unpaired) electrons. The number of hydrogen-bond acceptors (Lipinski definition) is 13. The summed E-state index contributed by atoms with van der Waals surface area (Å²) in [5.74, 6) is -26.1. The Hall–Kier alpha value is -2.30. The first-order valence-electron chi connectivity index (χ1n) is 14.6. The second-order valence-electron chi connectivity index (χ2n) is 11.9. The number of halogens is 6. The molecular weight excluding hydrogens is 718 g/mol. The number of rotatable bonds is 2. The van der Waals surface area contributed by atoms with Gasteiger partial charge in [-0.05, 0) is 12.1 Å². The summed E-state index contributed by atoms with van der Waals surface area (Å²) < 4.78 is 139. The van der Waals surface area contributed by atoms with Crippen LogP contribution in [0.3, 0.4) is 0 Å². The summed E-state index contributed by atoms with van der Waals surface area (Å²) in [6.45, 7) is -1.44. The van der Waals surface area contributed by atoms with Crippen LogP contribution >= 0.6 is 34.0 Å². The number of thiophene rings is 3. The summed E-state index contributed by atoms with van der Waals surface area (Å²) in [7, 11) is 0. The van der Waals surface area contributed by atoms with Crippen LogP contribution in [0.25, 0.3) is 19.5 Å². The smallest absolute Gasteiger partial charge is 0.339 e. The van der Waals surface area contributed by atoms with Gasteiger partial charge in [-0.15, -0.1) is 34.0 Å². The predicted octanol–water partition coefficient (Wildman–Crippen LogP) is 5.32. The first-order chi connectivity index (χ1) is 22.8. The molecule has 4 saturated heterocycles. The van der Waals surface area contributed by atoms with Crippen LogP contribution in [0.2, 0.25) is 0 Å². The van der Waals surface area contributed by atoms with Gasteiger partial charge in [0.2, 0.25) is 11.6 Å².